The van der Waals surface area contributed by atoms with Crippen molar-refractivity contribution in [3.05, 3.63) is 12.7 Å². The van der Waals surface area contributed by atoms with Crippen LogP contribution in [0.3, 0.4) is 0 Å². The molecule has 2 amide bonds. The molecule has 0 spiro atoms. The molecule has 3 aliphatic heterocycles. The van der Waals surface area contributed by atoms with Crippen LogP contribution >= 0.6 is 0 Å². The standard InChI is InChI=1S/C21H34N6O2/c1-2-3-8-25-12-16-10-17(13-25)19(27-18(16)5-4-6-21(27)29)11-22-20(28)7-9-26-14-23-24-15-26/h14-19H,2-13H2,1H3,(H,22,28)/t16-,17-,18-,19-/m0/s1. The Kier molecular flexibility index (Phi) is 6.47. The molecular weight excluding hydrogens is 368 g/mol. The lowest BCUT2D eigenvalue weighted by Gasteiger charge is -2.56. The van der Waals surface area contributed by atoms with E-state index in [4.69, 9.17) is 0 Å². The average molecular weight is 403 g/mol. The van der Waals surface area contributed by atoms with Gasteiger partial charge in [0.25, 0.3) is 0 Å². The zero-order valence-electron chi connectivity index (χ0n) is 17.5. The van der Waals surface area contributed by atoms with Crippen molar-refractivity contribution >= 4 is 11.8 Å². The van der Waals surface area contributed by atoms with E-state index in [9.17, 15) is 9.59 Å². The Labute approximate surface area is 173 Å². The lowest BCUT2D eigenvalue weighted by atomic mass is 9.72. The third-order valence-corrected chi connectivity index (χ3v) is 6.97. The number of nitrogens with zero attached hydrogens (tertiary/aromatic N) is 5. The monoisotopic (exact) mass is 402 g/mol. The molecule has 160 valence electrons. The van der Waals surface area contributed by atoms with Gasteiger partial charge in [-0.3, -0.25) is 9.59 Å². The molecule has 0 aromatic carbocycles. The molecule has 3 aliphatic rings. The molecule has 1 aromatic rings. The van der Waals surface area contributed by atoms with Gasteiger partial charge < -0.3 is 19.7 Å². The molecule has 3 saturated heterocycles. The first kappa shape index (κ1) is 20.3. The molecule has 8 heteroatoms. The van der Waals surface area contributed by atoms with Gasteiger partial charge in [-0.05, 0) is 44.1 Å². The van der Waals surface area contributed by atoms with E-state index in [-0.39, 0.29) is 11.9 Å². The van der Waals surface area contributed by atoms with E-state index in [0.29, 0.717) is 49.7 Å². The van der Waals surface area contributed by atoms with Crippen LogP contribution in [0.25, 0.3) is 0 Å². The topological polar surface area (TPSA) is 83.4 Å². The fourth-order valence-corrected chi connectivity index (χ4v) is 5.57. The quantitative estimate of drug-likeness (QED) is 0.708. The second-order valence-corrected chi connectivity index (χ2v) is 8.95. The van der Waals surface area contributed by atoms with Gasteiger partial charge in [0.15, 0.2) is 0 Å². The molecule has 4 atom stereocenters. The van der Waals surface area contributed by atoms with Gasteiger partial charge in [0.1, 0.15) is 12.7 Å². The summed E-state index contributed by atoms with van der Waals surface area (Å²) in [6, 6.07) is 0.489. The van der Waals surface area contributed by atoms with Crippen LogP contribution < -0.4 is 5.32 Å². The van der Waals surface area contributed by atoms with Crippen molar-refractivity contribution in [2.45, 2.75) is 70.5 Å². The summed E-state index contributed by atoms with van der Waals surface area (Å²) in [7, 11) is 0. The van der Waals surface area contributed by atoms with Crippen LogP contribution in [0.2, 0.25) is 0 Å². The molecule has 0 saturated carbocycles. The Bertz CT molecular complexity index is 693. The van der Waals surface area contributed by atoms with Gasteiger partial charge in [-0.1, -0.05) is 13.3 Å². The summed E-state index contributed by atoms with van der Waals surface area (Å²) in [6.45, 7) is 6.72. The summed E-state index contributed by atoms with van der Waals surface area (Å²) in [5.74, 6) is 1.37. The fourth-order valence-electron chi connectivity index (χ4n) is 5.57. The van der Waals surface area contributed by atoms with Crippen molar-refractivity contribution in [2.75, 3.05) is 26.2 Å². The van der Waals surface area contributed by atoms with Crippen LogP contribution in [0.5, 0.6) is 0 Å². The number of amides is 2. The van der Waals surface area contributed by atoms with Crippen molar-refractivity contribution in [3.8, 4) is 0 Å². The molecule has 1 aromatic heterocycles. The second-order valence-electron chi connectivity index (χ2n) is 8.95. The van der Waals surface area contributed by atoms with E-state index < -0.39 is 0 Å². The SMILES string of the molecule is CCCCN1C[C@@H]2C[C@@H](C1)[C@H](CNC(=O)CCn1cnnc1)N1C(=O)CCC[C@@H]21. The molecule has 4 rings (SSSR count). The van der Waals surface area contributed by atoms with Crippen LogP contribution in [0.1, 0.15) is 51.9 Å². The largest absolute Gasteiger partial charge is 0.354 e. The van der Waals surface area contributed by atoms with Gasteiger partial charge in [0.05, 0.1) is 6.04 Å². The number of hydrogen-bond acceptors (Lipinski definition) is 5. The highest BCUT2D eigenvalue weighted by Crippen LogP contribution is 2.41. The number of rotatable bonds is 8. The van der Waals surface area contributed by atoms with E-state index in [1.54, 1.807) is 12.7 Å². The molecule has 4 heterocycles. The Morgan fingerprint density at radius 2 is 2.00 bits per heavy atom. The first-order chi connectivity index (χ1) is 14.2. The van der Waals surface area contributed by atoms with Crippen molar-refractivity contribution in [2.24, 2.45) is 11.8 Å². The Hall–Kier alpha value is -1.96. The predicted octanol–water partition coefficient (Wildman–Crippen LogP) is 1.29. The maximum Gasteiger partial charge on any atom is 0.223 e. The van der Waals surface area contributed by atoms with Gasteiger partial charge >= 0.3 is 0 Å². The number of hydrogen-bond donors (Lipinski definition) is 1. The van der Waals surface area contributed by atoms with Crippen molar-refractivity contribution in [3.63, 3.8) is 0 Å². The fraction of sp³-hybridized carbons (Fsp3) is 0.810. The van der Waals surface area contributed by atoms with Crippen LogP contribution in [0.4, 0.5) is 0 Å². The first-order valence-corrected chi connectivity index (χ1v) is 11.3. The minimum Gasteiger partial charge on any atom is -0.354 e. The highest BCUT2D eigenvalue weighted by molar-refractivity contribution is 5.78. The van der Waals surface area contributed by atoms with E-state index in [2.05, 4.69) is 32.2 Å². The molecule has 0 unspecified atom stereocenters. The van der Waals surface area contributed by atoms with Crippen molar-refractivity contribution in [1.82, 2.24) is 29.9 Å². The summed E-state index contributed by atoms with van der Waals surface area (Å²) < 4.78 is 1.81. The predicted molar refractivity (Wildman–Crippen MR) is 109 cm³/mol. The summed E-state index contributed by atoms with van der Waals surface area (Å²) in [4.78, 5) is 30.0. The Morgan fingerprint density at radius 1 is 1.21 bits per heavy atom. The highest BCUT2D eigenvalue weighted by atomic mass is 16.2. The van der Waals surface area contributed by atoms with Crippen LogP contribution in [0, 0.1) is 11.8 Å². The highest BCUT2D eigenvalue weighted by Gasteiger charge is 2.49. The van der Waals surface area contributed by atoms with Crippen molar-refractivity contribution in [1.29, 1.82) is 0 Å². The lowest BCUT2D eigenvalue weighted by molar-refractivity contribution is -0.153. The minimum atomic E-state index is 0.0282. The Morgan fingerprint density at radius 3 is 2.79 bits per heavy atom. The number of carbonyl (C=O) groups excluding carboxylic acids is 2. The molecule has 2 bridgehead atoms. The van der Waals surface area contributed by atoms with E-state index in [1.165, 1.54) is 19.3 Å². The number of piperidine rings is 3. The summed E-state index contributed by atoms with van der Waals surface area (Å²) >= 11 is 0. The zero-order chi connectivity index (χ0) is 20.2. The van der Waals surface area contributed by atoms with E-state index in [1.807, 2.05) is 4.57 Å². The molecule has 8 nitrogen and oxygen atoms in total. The smallest absolute Gasteiger partial charge is 0.223 e. The number of aryl methyl sites for hydroxylation is 1. The van der Waals surface area contributed by atoms with Crippen molar-refractivity contribution < 1.29 is 9.59 Å². The first-order valence-electron chi connectivity index (χ1n) is 11.3. The number of nitrogens with one attached hydrogen (secondary N) is 1. The Balaban J connectivity index is 1.40. The van der Waals surface area contributed by atoms with Gasteiger partial charge in [0.2, 0.25) is 11.8 Å². The second kappa shape index (κ2) is 9.24. The van der Waals surface area contributed by atoms with Gasteiger partial charge in [-0.15, -0.1) is 10.2 Å². The molecule has 0 aliphatic carbocycles. The average Bonchev–Trinajstić information content (AvgIpc) is 3.25. The molecule has 3 fully saturated rings. The molecule has 0 radical (unpaired) electrons. The maximum absolute atomic E-state index is 12.8. The molecule has 29 heavy (non-hydrogen) atoms. The minimum absolute atomic E-state index is 0.0282. The van der Waals surface area contributed by atoms with Crippen LogP contribution in [-0.4, -0.2) is 74.6 Å². The van der Waals surface area contributed by atoms with Gasteiger partial charge in [-0.2, -0.15) is 0 Å². The number of fused-ring (bicyclic) bond motifs is 4. The summed E-state index contributed by atoms with van der Waals surface area (Å²) in [5.41, 5.74) is 0. The lowest BCUT2D eigenvalue weighted by Crippen LogP contribution is -2.67. The van der Waals surface area contributed by atoms with E-state index in [0.717, 1.165) is 32.5 Å². The third kappa shape index (κ3) is 4.63. The van der Waals surface area contributed by atoms with Crippen LogP contribution in [-0.2, 0) is 16.1 Å². The number of unbranched alkanes of at least 4 members (excludes halogenated alkanes) is 1. The summed E-state index contributed by atoms with van der Waals surface area (Å²) in [6.07, 6.45) is 10.1. The number of carbonyl (C=O) groups is 2. The van der Waals surface area contributed by atoms with Gasteiger partial charge in [-0.25, -0.2) is 0 Å². The van der Waals surface area contributed by atoms with Gasteiger partial charge in [0, 0.05) is 45.1 Å². The summed E-state index contributed by atoms with van der Waals surface area (Å²) in [5, 5.41) is 10.7. The maximum atomic E-state index is 12.8. The molecular formula is C21H34N6O2. The zero-order valence-corrected chi connectivity index (χ0v) is 17.5. The van der Waals surface area contributed by atoms with E-state index >= 15 is 0 Å². The van der Waals surface area contributed by atoms with Crippen LogP contribution in [0.15, 0.2) is 12.7 Å². The third-order valence-electron chi connectivity index (χ3n) is 6.97. The number of likely N-dealkylation sites (tertiary alicyclic amines) is 1. The number of aromatic nitrogens is 3. The molecule has 1 N–H and O–H groups in total. The normalized spacial score (nSPS) is 29.6.